The van der Waals surface area contributed by atoms with Crippen molar-refractivity contribution >= 4 is 23.4 Å². The average Bonchev–Trinajstić information content (AvgIpc) is 3.21. The van der Waals surface area contributed by atoms with Crippen LogP contribution in [0.1, 0.15) is 15.9 Å². The Morgan fingerprint density at radius 2 is 1.77 bits per heavy atom. The Hall–Kier alpha value is -3.81. The predicted octanol–water partition coefficient (Wildman–Crippen LogP) is 1.22. The number of pyridine rings is 1. The Kier molecular flexibility index (Phi) is 5.14. The number of imidazole rings is 1. The lowest BCUT2D eigenvalue weighted by Gasteiger charge is -2.07. The molecule has 2 aromatic heterocycles. The van der Waals surface area contributed by atoms with E-state index < -0.39 is 11.8 Å². The van der Waals surface area contributed by atoms with Crippen LogP contribution in [0.3, 0.4) is 0 Å². The van der Waals surface area contributed by atoms with Crippen molar-refractivity contribution < 1.29 is 14.4 Å². The lowest BCUT2D eigenvalue weighted by Crippen LogP contribution is -2.34. The van der Waals surface area contributed by atoms with E-state index in [1.165, 1.54) is 23.3 Å². The SMILES string of the molecule is O=C(NCc1ccc(C(=O)n2ccnc2)cc1)C(=O)Nc1cccnc1. The van der Waals surface area contributed by atoms with Gasteiger partial charge in [-0.25, -0.2) is 4.98 Å². The zero-order chi connectivity index (χ0) is 18.4. The molecule has 2 N–H and O–H groups in total. The van der Waals surface area contributed by atoms with Crippen LogP contribution in [0, 0.1) is 0 Å². The summed E-state index contributed by atoms with van der Waals surface area (Å²) in [6.45, 7) is 0.166. The molecule has 8 heteroatoms. The minimum Gasteiger partial charge on any atom is -0.344 e. The number of rotatable bonds is 4. The third-order valence-electron chi connectivity index (χ3n) is 3.52. The zero-order valence-electron chi connectivity index (χ0n) is 13.6. The average molecular weight is 349 g/mol. The fourth-order valence-corrected chi connectivity index (χ4v) is 2.18. The van der Waals surface area contributed by atoms with E-state index in [4.69, 9.17) is 0 Å². The number of amides is 2. The van der Waals surface area contributed by atoms with Gasteiger partial charge in [-0.1, -0.05) is 12.1 Å². The lowest BCUT2D eigenvalue weighted by atomic mass is 10.1. The van der Waals surface area contributed by atoms with Crippen molar-refractivity contribution in [3.8, 4) is 0 Å². The highest BCUT2D eigenvalue weighted by Crippen LogP contribution is 2.07. The van der Waals surface area contributed by atoms with Crippen molar-refractivity contribution in [2.24, 2.45) is 0 Å². The summed E-state index contributed by atoms with van der Waals surface area (Å²) < 4.78 is 1.37. The molecule has 8 nitrogen and oxygen atoms in total. The second-order valence-corrected chi connectivity index (χ2v) is 5.35. The van der Waals surface area contributed by atoms with Crippen LogP contribution in [0.25, 0.3) is 0 Å². The van der Waals surface area contributed by atoms with E-state index in [1.807, 2.05) is 0 Å². The smallest absolute Gasteiger partial charge is 0.313 e. The van der Waals surface area contributed by atoms with Crippen LogP contribution < -0.4 is 10.6 Å². The van der Waals surface area contributed by atoms with Crippen molar-refractivity contribution in [1.82, 2.24) is 19.9 Å². The molecule has 0 spiro atoms. The van der Waals surface area contributed by atoms with E-state index in [0.717, 1.165) is 5.56 Å². The molecule has 0 saturated carbocycles. The van der Waals surface area contributed by atoms with Gasteiger partial charge in [0, 0.05) is 30.7 Å². The fourth-order valence-electron chi connectivity index (χ4n) is 2.18. The number of nitrogens with zero attached hydrogens (tertiary/aromatic N) is 3. The number of hydrogen-bond donors (Lipinski definition) is 2. The predicted molar refractivity (Wildman–Crippen MR) is 93.1 cm³/mol. The van der Waals surface area contributed by atoms with E-state index in [9.17, 15) is 14.4 Å². The van der Waals surface area contributed by atoms with Gasteiger partial charge in [0.05, 0.1) is 11.9 Å². The highest BCUT2D eigenvalue weighted by molar-refractivity contribution is 6.39. The van der Waals surface area contributed by atoms with Crippen molar-refractivity contribution in [2.75, 3.05) is 5.32 Å². The van der Waals surface area contributed by atoms with Crippen LogP contribution in [0.15, 0.2) is 67.5 Å². The number of hydrogen-bond acceptors (Lipinski definition) is 5. The summed E-state index contributed by atoms with van der Waals surface area (Å²) >= 11 is 0. The van der Waals surface area contributed by atoms with E-state index >= 15 is 0 Å². The molecule has 2 amide bonds. The van der Waals surface area contributed by atoms with Gasteiger partial charge >= 0.3 is 11.8 Å². The molecule has 0 aliphatic heterocycles. The fraction of sp³-hybridized carbons (Fsp3) is 0.0556. The molecule has 0 bridgehead atoms. The van der Waals surface area contributed by atoms with Gasteiger partial charge in [0.25, 0.3) is 5.91 Å². The highest BCUT2D eigenvalue weighted by atomic mass is 16.2. The van der Waals surface area contributed by atoms with Gasteiger partial charge in [-0.15, -0.1) is 0 Å². The molecule has 0 aliphatic carbocycles. The first-order chi connectivity index (χ1) is 12.6. The van der Waals surface area contributed by atoms with Crippen LogP contribution in [-0.2, 0) is 16.1 Å². The number of aromatic nitrogens is 3. The van der Waals surface area contributed by atoms with Gasteiger partial charge in [0.15, 0.2) is 0 Å². The maximum Gasteiger partial charge on any atom is 0.313 e. The van der Waals surface area contributed by atoms with Gasteiger partial charge in [-0.3, -0.25) is 23.9 Å². The molecule has 0 fully saturated rings. The number of nitrogens with one attached hydrogen (secondary N) is 2. The van der Waals surface area contributed by atoms with E-state index in [-0.39, 0.29) is 12.5 Å². The number of carbonyl (C=O) groups excluding carboxylic acids is 3. The highest BCUT2D eigenvalue weighted by Gasteiger charge is 2.13. The molecule has 0 unspecified atom stereocenters. The lowest BCUT2D eigenvalue weighted by molar-refractivity contribution is -0.136. The minimum absolute atomic E-state index is 0.166. The molecule has 3 rings (SSSR count). The molecule has 3 aromatic rings. The summed E-state index contributed by atoms with van der Waals surface area (Å²) in [6, 6.07) is 10.0. The van der Waals surface area contributed by atoms with Crippen LogP contribution in [0.4, 0.5) is 5.69 Å². The Labute approximate surface area is 148 Å². The van der Waals surface area contributed by atoms with Gasteiger partial charge in [0.1, 0.15) is 6.33 Å². The van der Waals surface area contributed by atoms with Crippen LogP contribution in [-0.4, -0.2) is 32.3 Å². The van der Waals surface area contributed by atoms with Crippen LogP contribution in [0.2, 0.25) is 0 Å². The molecule has 2 heterocycles. The molecular formula is C18H15N5O3. The first-order valence-corrected chi connectivity index (χ1v) is 7.74. The number of benzene rings is 1. The van der Waals surface area contributed by atoms with Crippen molar-refractivity contribution in [1.29, 1.82) is 0 Å². The minimum atomic E-state index is -0.773. The van der Waals surface area contributed by atoms with E-state index in [1.54, 1.807) is 48.8 Å². The Morgan fingerprint density at radius 3 is 2.42 bits per heavy atom. The standard InChI is InChI=1S/C18H15N5O3/c24-16(17(25)22-15-2-1-7-19-11-15)21-10-13-3-5-14(6-4-13)18(26)23-9-8-20-12-23/h1-9,11-12H,10H2,(H,21,24)(H,22,25). The van der Waals surface area contributed by atoms with Gasteiger partial charge in [0.2, 0.25) is 0 Å². The maximum absolute atomic E-state index is 12.1. The van der Waals surface area contributed by atoms with E-state index in [2.05, 4.69) is 20.6 Å². The monoisotopic (exact) mass is 349 g/mol. The summed E-state index contributed by atoms with van der Waals surface area (Å²) in [4.78, 5) is 43.5. The van der Waals surface area contributed by atoms with Crippen molar-refractivity contribution in [2.45, 2.75) is 6.54 Å². The summed E-state index contributed by atoms with van der Waals surface area (Å²) in [7, 11) is 0. The molecule has 1 aromatic carbocycles. The molecule has 0 radical (unpaired) electrons. The summed E-state index contributed by atoms with van der Waals surface area (Å²) in [5.74, 6) is -1.73. The van der Waals surface area contributed by atoms with Gasteiger partial charge < -0.3 is 10.6 Å². The molecule has 130 valence electrons. The summed E-state index contributed by atoms with van der Waals surface area (Å²) in [5.41, 5.74) is 1.69. The maximum atomic E-state index is 12.1. The molecule has 0 atom stereocenters. The molecule has 26 heavy (non-hydrogen) atoms. The topological polar surface area (TPSA) is 106 Å². The van der Waals surface area contributed by atoms with E-state index in [0.29, 0.717) is 11.3 Å². The van der Waals surface area contributed by atoms with Crippen LogP contribution >= 0.6 is 0 Å². The zero-order valence-corrected chi connectivity index (χ0v) is 13.6. The third-order valence-corrected chi connectivity index (χ3v) is 3.52. The molecule has 0 saturated heterocycles. The number of carbonyl (C=O) groups is 3. The first kappa shape index (κ1) is 17.0. The van der Waals surface area contributed by atoms with Crippen LogP contribution in [0.5, 0.6) is 0 Å². The quantitative estimate of drug-likeness (QED) is 0.689. The van der Waals surface area contributed by atoms with Crippen molar-refractivity contribution in [3.05, 3.63) is 78.6 Å². The second-order valence-electron chi connectivity index (χ2n) is 5.35. The second kappa shape index (κ2) is 7.84. The summed E-state index contributed by atoms with van der Waals surface area (Å²) in [6.07, 6.45) is 7.53. The first-order valence-electron chi connectivity index (χ1n) is 7.74. The van der Waals surface area contributed by atoms with Crippen molar-refractivity contribution in [3.63, 3.8) is 0 Å². The van der Waals surface area contributed by atoms with Gasteiger partial charge in [-0.2, -0.15) is 0 Å². The van der Waals surface area contributed by atoms with Gasteiger partial charge in [-0.05, 0) is 29.8 Å². The normalized spacial score (nSPS) is 10.2. The summed E-state index contributed by atoms with van der Waals surface area (Å²) in [5, 5.41) is 4.97. The number of anilines is 1. The Morgan fingerprint density at radius 1 is 0.962 bits per heavy atom. The largest absolute Gasteiger partial charge is 0.344 e. The Balaban J connectivity index is 1.53. The molecule has 0 aliphatic rings. The molecular weight excluding hydrogens is 334 g/mol. The Bertz CT molecular complexity index is 906. The third kappa shape index (κ3) is 4.18.